The highest BCUT2D eigenvalue weighted by Gasteiger charge is 2.15. The van der Waals surface area contributed by atoms with Crippen LogP contribution in [0.15, 0.2) is 24.3 Å². The predicted octanol–water partition coefficient (Wildman–Crippen LogP) is 1.73. The van der Waals surface area contributed by atoms with Gasteiger partial charge in [-0.3, -0.25) is 4.90 Å². The van der Waals surface area contributed by atoms with Crippen LogP contribution in [0.1, 0.15) is 25.3 Å². The van der Waals surface area contributed by atoms with E-state index in [0.717, 1.165) is 18.9 Å². The third kappa shape index (κ3) is 5.12. The summed E-state index contributed by atoms with van der Waals surface area (Å²) in [7, 11) is 0. The molecule has 1 fully saturated rings. The number of nitrogens with one attached hydrogen (secondary N) is 1. The molecule has 0 radical (unpaired) electrons. The van der Waals surface area contributed by atoms with Crippen LogP contribution in [0.4, 0.5) is 5.69 Å². The molecule has 20 heavy (non-hydrogen) atoms. The molecule has 1 aromatic rings. The van der Waals surface area contributed by atoms with Gasteiger partial charge in [0.1, 0.15) is 0 Å². The van der Waals surface area contributed by atoms with Crippen LogP contribution in [-0.4, -0.2) is 49.2 Å². The number of piperazine rings is 1. The number of unbranched alkanes of at least 4 members (excludes halogenated alkanes) is 1. The minimum absolute atomic E-state index is 0.842. The molecule has 0 spiro atoms. The molecule has 3 N–H and O–H groups in total. The summed E-state index contributed by atoms with van der Waals surface area (Å²) in [6, 6.07) is 8.10. The standard InChI is InChI=1S/C16H28N4/c1-2-3-7-19-8-10-20(11-9-19)14-18-13-15-5-4-6-16(17)12-15/h4-6,12,18H,2-3,7-11,13-14,17H2,1H3. The fourth-order valence-electron chi connectivity index (χ4n) is 2.61. The lowest BCUT2D eigenvalue weighted by Crippen LogP contribution is -2.49. The van der Waals surface area contributed by atoms with E-state index < -0.39 is 0 Å². The second kappa shape index (κ2) is 8.25. The molecule has 0 atom stereocenters. The highest BCUT2D eigenvalue weighted by Crippen LogP contribution is 2.06. The Kier molecular flexibility index (Phi) is 6.30. The Bertz CT molecular complexity index is 386. The predicted molar refractivity (Wildman–Crippen MR) is 85.5 cm³/mol. The molecule has 0 saturated carbocycles. The summed E-state index contributed by atoms with van der Waals surface area (Å²) >= 11 is 0. The van der Waals surface area contributed by atoms with Crippen molar-refractivity contribution >= 4 is 5.69 Å². The SMILES string of the molecule is CCCCN1CCN(CNCc2cccc(N)c2)CC1. The zero-order valence-corrected chi connectivity index (χ0v) is 12.6. The van der Waals surface area contributed by atoms with Crippen LogP contribution in [-0.2, 0) is 6.54 Å². The normalized spacial score (nSPS) is 17.4. The van der Waals surface area contributed by atoms with E-state index in [1.807, 2.05) is 18.2 Å². The Hall–Kier alpha value is -1.10. The van der Waals surface area contributed by atoms with Crippen LogP contribution in [0.2, 0.25) is 0 Å². The Morgan fingerprint density at radius 3 is 2.60 bits per heavy atom. The Labute approximate surface area is 122 Å². The van der Waals surface area contributed by atoms with Gasteiger partial charge in [-0.2, -0.15) is 0 Å². The van der Waals surface area contributed by atoms with Gasteiger partial charge in [-0.05, 0) is 30.7 Å². The molecule has 4 nitrogen and oxygen atoms in total. The van der Waals surface area contributed by atoms with E-state index in [1.165, 1.54) is 51.1 Å². The first kappa shape index (κ1) is 15.3. The summed E-state index contributed by atoms with van der Waals surface area (Å²) in [5.74, 6) is 0. The minimum atomic E-state index is 0.842. The van der Waals surface area contributed by atoms with Gasteiger partial charge in [0.05, 0.1) is 0 Å². The van der Waals surface area contributed by atoms with Crippen LogP contribution < -0.4 is 11.1 Å². The van der Waals surface area contributed by atoms with Gasteiger partial charge < -0.3 is 16.0 Å². The van der Waals surface area contributed by atoms with Crippen molar-refractivity contribution in [2.24, 2.45) is 0 Å². The van der Waals surface area contributed by atoms with Gasteiger partial charge in [-0.25, -0.2) is 0 Å². The number of nitrogens with zero attached hydrogens (tertiary/aromatic N) is 2. The summed E-state index contributed by atoms with van der Waals surface area (Å²) in [5.41, 5.74) is 7.88. The summed E-state index contributed by atoms with van der Waals surface area (Å²) in [6.45, 7) is 10.1. The maximum absolute atomic E-state index is 5.78. The van der Waals surface area contributed by atoms with Crippen LogP contribution in [0.25, 0.3) is 0 Å². The lowest BCUT2D eigenvalue weighted by atomic mass is 10.2. The van der Waals surface area contributed by atoms with E-state index in [1.54, 1.807) is 0 Å². The van der Waals surface area contributed by atoms with Gasteiger partial charge >= 0.3 is 0 Å². The first-order valence-corrected chi connectivity index (χ1v) is 7.78. The summed E-state index contributed by atoms with van der Waals surface area (Å²) in [5, 5.41) is 3.51. The lowest BCUT2D eigenvalue weighted by molar-refractivity contribution is 0.123. The van der Waals surface area contributed by atoms with Gasteiger partial charge in [0.2, 0.25) is 0 Å². The fourth-order valence-corrected chi connectivity index (χ4v) is 2.61. The first-order valence-electron chi connectivity index (χ1n) is 7.78. The Balaban J connectivity index is 1.61. The third-order valence-electron chi connectivity index (χ3n) is 3.91. The smallest absolute Gasteiger partial charge is 0.0484 e. The lowest BCUT2D eigenvalue weighted by Gasteiger charge is -2.34. The van der Waals surface area contributed by atoms with E-state index in [9.17, 15) is 0 Å². The van der Waals surface area contributed by atoms with Crippen molar-refractivity contribution in [3.63, 3.8) is 0 Å². The van der Waals surface area contributed by atoms with E-state index >= 15 is 0 Å². The molecule has 0 aliphatic carbocycles. The number of benzene rings is 1. The summed E-state index contributed by atoms with van der Waals surface area (Å²) in [4.78, 5) is 5.08. The van der Waals surface area contributed by atoms with Crippen molar-refractivity contribution in [3.8, 4) is 0 Å². The van der Waals surface area contributed by atoms with Crippen molar-refractivity contribution in [2.75, 3.05) is 45.1 Å². The zero-order chi connectivity index (χ0) is 14.2. The molecule has 1 aromatic carbocycles. The molecule has 1 saturated heterocycles. The molecule has 0 aromatic heterocycles. The average Bonchev–Trinajstić information content (AvgIpc) is 2.46. The van der Waals surface area contributed by atoms with Gasteiger partial charge in [0, 0.05) is 45.1 Å². The van der Waals surface area contributed by atoms with Gasteiger partial charge in [0.15, 0.2) is 0 Å². The molecule has 1 aliphatic heterocycles. The van der Waals surface area contributed by atoms with Crippen molar-refractivity contribution in [1.82, 2.24) is 15.1 Å². The fraction of sp³-hybridized carbons (Fsp3) is 0.625. The second-order valence-electron chi connectivity index (χ2n) is 5.64. The molecule has 112 valence electrons. The summed E-state index contributed by atoms with van der Waals surface area (Å²) < 4.78 is 0. The highest BCUT2D eigenvalue weighted by molar-refractivity contribution is 5.40. The molecule has 1 heterocycles. The zero-order valence-electron chi connectivity index (χ0n) is 12.6. The largest absolute Gasteiger partial charge is 0.399 e. The number of nitrogens with two attached hydrogens (primary N) is 1. The molecular weight excluding hydrogens is 248 g/mol. The van der Waals surface area contributed by atoms with E-state index in [0.29, 0.717) is 0 Å². The first-order chi connectivity index (χ1) is 9.78. The Morgan fingerprint density at radius 2 is 1.90 bits per heavy atom. The van der Waals surface area contributed by atoms with Gasteiger partial charge in [-0.1, -0.05) is 25.5 Å². The van der Waals surface area contributed by atoms with Crippen molar-refractivity contribution in [1.29, 1.82) is 0 Å². The van der Waals surface area contributed by atoms with Crippen LogP contribution >= 0.6 is 0 Å². The molecule has 0 unspecified atom stereocenters. The Morgan fingerprint density at radius 1 is 1.15 bits per heavy atom. The van der Waals surface area contributed by atoms with Crippen LogP contribution in [0.3, 0.4) is 0 Å². The van der Waals surface area contributed by atoms with Crippen LogP contribution in [0.5, 0.6) is 0 Å². The van der Waals surface area contributed by atoms with Crippen molar-refractivity contribution in [3.05, 3.63) is 29.8 Å². The van der Waals surface area contributed by atoms with Crippen LogP contribution in [0, 0.1) is 0 Å². The molecule has 1 aliphatic rings. The van der Waals surface area contributed by atoms with E-state index in [-0.39, 0.29) is 0 Å². The third-order valence-corrected chi connectivity index (χ3v) is 3.91. The number of rotatable bonds is 7. The molecule has 0 amide bonds. The quantitative estimate of drug-likeness (QED) is 0.745. The van der Waals surface area contributed by atoms with E-state index in [4.69, 9.17) is 5.73 Å². The average molecular weight is 276 g/mol. The van der Waals surface area contributed by atoms with Gasteiger partial charge in [-0.15, -0.1) is 0 Å². The molecule has 4 heteroatoms. The summed E-state index contributed by atoms with van der Waals surface area (Å²) in [6.07, 6.45) is 2.62. The number of anilines is 1. The van der Waals surface area contributed by atoms with E-state index in [2.05, 4.69) is 28.1 Å². The molecule has 2 rings (SSSR count). The minimum Gasteiger partial charge on any atom is -0.399 e. The second-order valence-corrected chi connectivity index (χ2v) is 5.64. The molecule has 0 bridgehead atoms. The maximum atomic E-state index is 5.78. The van der Waals surface area contributed by atoms with Crippen molar-refractivity contribution in [2.45, 2.75) is 26.3 Å². The molecular formula is C16H28N4. The topological polar surface area (TPSA) is 44.5 Å². The maximum Gasteiger partial charge on any atom is 0.0484 e. The number of hydrogen-bond acceptors (Lipinski definition) is 4. The number of nitrogen functional groups attached to an aromatic ring is 1. The monoisotopic (exact) mass is 276 g/mol. The highest BCUT2D eigenvalue weighted by atomic mass is 15.3. The van der Waals surface area contributed by atoms with Gasteiger partial charge in [0.25, 0.3) is 0 Å². The van der Waals surface area contributed by atoms with Crippen molar-refractivity contribution < 1.29 is 0 Å². The number of hydrogen-bond donors (Lipinski definition) is 2.